The number of amides is 1. The molecule has 1 amide bonds. The molecule has 1 aliphatic rings. The smallest absolute Gasteiger partial charge is 0.439 e. The van der Waals surface area contributed by atoms with Gasteiger partial charge < -0.3 is 4.74 Å². The minimum atomic E-state index is -0.494. The van der Waals surface area contributed by atoms with E-state index in [4.69, 9.17) is 9.57 Å². The van der Waals surface area contributed by atoms with Gasteiger partial charge in [0.05, 0.1) is 0 Å². The number of hydroxylamine groups is 2. The molecule has 0 spiro atoms. The van der Waals surface area contributed by atoms with Gasteiger partial charge in [0.25, 0.3) is 0 Å². The van der Waals surface area contributed by atoms with E-state index in [0.29, 0.717) is 0 Å². The van der Waals surface area contributed by atoms with Gasteiger partial charge in [0.2, 0.25) is 0 Å². The minimum Gasteiger partial charge on any atom is -0.442 e. The number of rotatable bonds is 0. The Bertz CT molecular complexity index is 265. The Morgan fingerprint density at radius 1 is 1.57 bits per heavy atom. The zero-order chi connectivity index (χ0) is 10.9. The first-order chi connectivity index (χ1) is 6.29. The summed E-state index contributed by atoms with van der Waals surface area (Å²) in [6.45, 7) is 9.15. The highest BCUT2D eigenvalue weighted by atomic mass is 16.7. The van der Waals surface area contributed by atoms with Crippen LogP contribution in [0.2, 0.25) is 0 Å². The number of carbonyl (C=O) groups excluding carboxylic acids is 1. The van der Waals surface area contributed by atoms with E-state index in [1.807, 2.05) is 40.7 Å². The number of hydrogen-bond acceptors (Lipinski definition) is 3. The number of ether oxygens (including phenoxy) is 1. The zero-order valence-corrected chi connectivity index (χ0v) is 9.33. The highest BCUT2D eigenvalue weighted by Gasteiger charge is 2.29. The molecular formula is C10H17NO3. The summed E-state index contributed by atoms with van der Waals surface area (Å²) in [4.78, 5) is 16.8. The molecule has 0 aromatic rings. The third-order valence-corrected chi connectivity index (χ3v) is 1.63. The second-order valence-corrected chi connectivity index (χ2v) is 4.39. The second kappa shape index (κ2) is 3.61. The summed E-state index contributed by atoms with van der Waals surface area (Å²) >= 11 is 0. The fourth-order valence-electron chi connectivity index (χ4n) is 1.18. The lowest BCUT2D eigenvalue weighted by molar-refractivity contribution is -0.125. The van der Waals surface area contributed by atoms with Gasteiger partial charge >= 0.3 is 6.09 Å². The Morgan fingerprint density at radius 3 is 2.50 bits per heavy atom. The Labute approximate surface area is 84.4 Å². The predicted octanol–water partition coefficient (Wildman–Crippen LogP) is 2.46. The van der Waals surface area contributed by atoms with E-state index in [1.165, 1.54) is 5.06 Å². The average molecular weight is 199 g/mol. The lowest BCUT2D eigenvalue weighted by atomic mass is 10.2. The van der Waals surface area contributed by atoms with Gasteiger partial charge in [-0.2, -0.15) is 5.06 Å². The topological polar surface area (TPSA) is 38.8 Å². The maximum atomic E-state index is 11.6. The maximum absolute atomic E-state index is 11.6. The number of nitrogens with zero attached hydrogens (tertiary/aromatic N) is 1. The van der Waals surface area contributed by atoms with Crippen LogP contribution in [0.4, 0.5) is 4.79 Å². The van der Waals surface area contributed by atoms with Crippen molar-refractivity contribution < 1.29 is 14.4 Å². The monoisotopic (exact) mass is 199 g/mol. The summed E-state index contributed by atoms with van der Waals surface area (Å²) in [5, 5.41) is 1.19. The van der Waals surface area contributed by atoms with Crippen LogP contribution in [-0.2, 0) is 9.57 Å². The van der Waals surface area contributed by atoms with Crippen molar-refractivity contribution in [2.45, 2.75) is 46.3 Å². The molecule has 0 aromatic carbocycles. The van der Waals surface area contributed by atoms with E-state index in [0.717, 1.165) is 5.70 Å². The molecule has 0 radical (unpaired) electrons. The number of hydrogen-bond donors (Lipinski definition) is 0. The molecule has 0 aromatic heterocycles. The van der Waals surface area contributed by atoms with Crippen LogP contribution in [0.1, 0.15) is 34.6 Å². The van der Waals surface area contributed by atoms with E-state index in [-0.39, 0.29) is 6.10 Å². The summed E-state index contributed by atoms with van der Waals surface area (Å²) in [7, 11) is 0. The zero-order valence-electron chi connectivity index (χ0n) is 9.33. The normalized spacial score (nSPS) is 22.2. The van der Waals surface area contributed by atoms with E-state index in [1.54, 1.807) is 0 Å². The summed E-state index contributed by atoms with van der Waals surface area (Å²) in [6.07, 6.45) is 1.34. The SMILES string of the molecule is CC1=CC(C)ON1C(=O)OC(C)(C)C. The second-order valence-electron chi connectivity index (χ2n) is 4.39. The first-order valence-electron chi connectivity index (χ1n) is 4.68. The first-order valence-corrected chi connectivity index (χ1v) is 4.68. The van der Waals surface area contributed by atoms with Gasteiger partial charge in [0.1, 0.15) is 11.7 Å². The molecule has 0 aliphatic carbocycles. The van der Waals surface area contributed by atoms with Gasteiger partial charge in [-0.25, -0.2) is 4.79 Å². The molecule has 80 valence electrons. The number of allylic oxidation sites excluding steroid dienone is 1. The van der Waals surface area contributed by atoms with E-state index in [2.05, 4.69) is 0 Å². The molecule has 1 unspecified atom stereocenters. The van der Waals surface area contributed by atoms with Gasteiger partial charge in [-0.1, -0.05) is 0 Å². The Balaban J connectivity index is 2.60. The Hall–Kier alpha value is -1.03. The van der Waals surface area contributed by atoms with Gasteiger partial charge in [-0.05, 0) is 40.7 Å². The molecular weight excluding hydrogens is 182 g/mol. The third kappa shape index (κ3) is 2.73. The molecule has 0 bridgehead atoms. The molecule has 1 rings (SSSR count). The van der Waals surface area contributed by atoms with Crippen LogP contribution in [0.15, 0.2) is 11.8 Å². The van der Waals surface area contributed by atoms with Crippen molar-refractivity contribution in [1.29, 1.82) is 0 Å². The van der Waals surface area contributed by atoms with Crippen LogP contribution in [0.5, 0.6) is 0 Å². The fourth-order valence-corrected chi connectivity index (χ4v) is 1.18. The van der Waals surface area contributed by atoms with Crippen molar-refractivity contribution >= 4 is 6.09 Å². The van der Waals surface area contributed by atoms with E-state index < -0.39 is 11.7 Å². The van der Waals surface area contributed by atoms with Crippen molar-refractivity contribution in [3.05, 3.63) is 11.8 Å². The van der Waals surface area contributed by atoms with Crippen molar-refractivity contribution in [2.75, 3.05) is 0 Å². The lowest BCUT2D eigenvalue weighted by Crippen LogP contribution is -2.34. The van der Waals surface area contributed by atoms with Crippen molar-refractivity contribution in [2.24, 2.45) is 0 Å². The van der Waals surface area contributed by atoms with Gasteiger partial charge in [-0.3, -0.25) is 4.84 Å². The molecule has 1 atom stereocenters. The number of carbonyl (C=O) groups is 1. The van der Waals surface area contributed by atoms with Gasteiger partial charge in [0, 0.05) is 5.70 Å². The maximum Gasteiger partial charge on any atom is 0.439 e. The molecule has 0 fully saturated rings. The molecule has 0 saturated carbocycles. The Kier molecular flexibility index (Phi) is 2.85. The molecule has 4 heteroatoms. The summed E-state index contributed by atoms with van der Waals surface area (Å²) in [5.74, 6) is 0. The molecule has 1 aliphatic heterocycles. The quantitative estimate of drug-likeness (QED) is 0.601. The van der Waals surface area contributed by atoms with Crippen LogP contribution in [0.25, 0.3) is 0 Å². The van der Waals surface area contributed by atoms with Crippen LogP contribution in [0, 0.1) is 0 Å². The minimum absolute atomic E-state index is 0.0671. The van der Waals surface area contributed by atoms with Gasteiger partial charge in [0.15, 0.2) is 0 Å². The standard InChI is InChI=1S/C10H17NO3/c1-7-6-8(2)14-11(7)9(12)13-10(3,4)5/h6,8H,1-5H3. The van der Waals surface area contributed by atoms with Crippen molar-refractivity contribution in [3.63, 3.8) is 0 Å². The summed E-state index contributed by atoms with van der Waals surface area (Å²) in [5.41, 5.74) is 0.277. The molecule has 4 nitrogen and oxygen atoms in total. The highest BCUT2D eigenvalue weighted by molar-refractivity contribution is 5.69. The van der Waals surface area contributed by atoms with E-state index >= 15 is 0 Å². The largest absolute Gasteiger partial charge is 0.442 e. The van der Waals surface area contributed by atoms with Crippen LogP contribution in [0.3, 0.4) is 0 Å². The van der Waals surface area contributed by atoms with Crippen LogP contribution < -0.4 is 0 Å². The molecule has 0 saturated heterocycles. The predicted molar refractivity (Wildman–Crippen MR) is 52.4 cm³/mol. The van der Waals surface area contributed by atoms with Crippen LogP contribution >= 0.6 is 0 Å². The molecule has 1 heterocycles. The Morgan fingerprint density at radius 2 is 2.14 bits per heavy atom. The lowest BCUT2D eigenvalue weighted by Gasteiger charge is -2.24. The molecule has 14 heavy (non-hydrogen) atoms. The summed E-state index contributed by atoms with van der Waals surface area (Å²) < 4.78 is 5.16. The highest BCUT2D eigenvalue weighted by Crippen LogP contribution is 2.20. The van der Waals surface area contributed by atoms with Crippen LogP contribution in [-0.4, -0.2) is 22.9 Å². The van der Waals surface area contributed by atoms with E-state index in [9.17, 15) is 4.79 Å². The summed E-state index contributed by atoms with van der Waals surface area (Å²) in [6, 6.07) is 0. The average Bonchev–Trinajstić information content (AvgIpc) is 2.26. The van der Waals surface area contributed by atoms with Gasteiger partial charge in [-0.15, -0.1) is 0 Å². The van der Waals surface area contributed by atoms with Crippen molar-refractivity contribution in [1.82, 2.24) is 5.06 Å². The molecule has 0 N–H and O–H groups in total. The fraction of sp³-hybridized carbons (Fsp3) is 0.700. The first kappa shape index (κ1) is 11.0. The third-order valence-electron chi connectivity index (χ3n) is 1.63. The van der Waals surface area contributed by atoms with Crippen molar-refractivity contribution in [3.8, 4) is 0 Å².